The fourth-order valence-corrected chi connectivity index (χ4v) is 4.26. The van der Waals surface area contributed by atoms with Crippen LogP contribution in [0.1, 0.15) is 11.1 Å². The van der Waals surface area contributed by atoms with Crippen LogP contribution in [0.15, 0.2) is 48.5 Å². The van der Waals surface area contributed by atoms with Crippen LogP contribution >= 0.6 is 0 Å². The Labute approximate surface area is 198 Å². The van der Waals surface area contributed by atoms with Crippen molar-refractivity contribution in [2.75, 3.05) is 8.61 Å². The number of alkyl halides is 6. The highest BCUT2D eigenvalue weighted by Crippen LogP contribution is 2.34. The number of anilines is 2. The number of carbonyl (C=O) groups is 2. The Balaban J connectivity index is 2.80. The molecule has 0 aliphatic carbocycles. The molecule has 0 aliphatic rings. The highest BCUT2D eigenvalue weighted by Gasteiger charge is 2.58. The van der Waals surface area contributed by atoms with Gasteiger partial charge < -0.3 is 0 Å². The van der Waals surface area contributed by atoms with Gasteiger partial charge in [-0.05, 0) is 48.5 Å². The zero-order chi connectivity index (χ0) is 27.7. The summed E-state index contributed by atoms with van der Waals surface area (Å²) in [6, 6.07) is 7.74. The Morgan fingerprint density at radius 1 is 0.611 bits per heavy atom. The quantitative estimate of drug-likeness (QED) is 0.412. The molecule has 10 nitrogen and oxygen atoms in total. The van der Waals surface area contributed by atoms with Gasteiger partial charge in [-0.15, -0.1) is 0 Å². The predicted octanol–water partition coefficient (Wildman–Crippen LogP) is 2.50. The summed E-state index contributed by atoms with van der Waals surface area (Å²) in [5, 5.41) is 17.5. The van der Waals surface area contributed by atoms with Gasteiger partial charge in [-0.25, -0.2) is 0 Å². The smallest absolute Gasteiger partial charge is 0.262 e. The van der Waals surface area contributed by atoms with Crippen molar-refractivity contribution >= 4 is 43.2 Å². The topological polar surface area (TPSA) is 156 Å². The summed E-state index contributed by atoms with van der Waals surface area (Å²) in [7, 11) is -13.7. The van der Waals surface area contributed by atoms with Gasteiger partial charge in [0.2, 0.25) is 0 Å². The van der Waals surface area contributed by atoms with Gasteiger partial charge >= 0.3 is 42.9 Å². The molecule has 190 valence electrons. The van der Waals surface area contributed by atoms with E-state index in [0.717, 1.165) is 24.3 Å². The van der Waals surface area contributed by atoms with Gasteiger partial charge in [0.15, 0.2) is 0 Å². The second-order valence-electron chi connectivity index (χ2n) is 6.36. The molecule has 0 unspecified atom stereocenters. The second kappa shape index (κ2) is 9.47. The van der Waals surface area contributed by atoms with E-state index >= 15 is 0 Å². The number of hydrogen-bond donors (Lipinski definition) is 0. The fraction of sp³-hybridized carbons (Fsp3) is 0.111. The van der Waals surface area contributed by atoms with Crippen LogP contribution in [0.4, 0.5) is 37.7 Å². The third kappa shape index (κ3) is 5.09. The number of rotatable bonds is 4. The van der Waals surface area contributed by atoms with Crippen LogP contribution < -0.4 is 8.61 Å². The normalized spacial score (nSPS) is 12.2. The van der Waals surface area contributed by atoms with Crippen molar-refractivity contribution in [3.8, 4) is 12.1 Å². The molecule has 0 fully saturated rings. The highest BCUT2D eigenvalue weighted by atomic mass is 32.2. The third-order valence-corrected chi connectivity index (χ3v) is 6.96. The summed E-state index contributed by atoms with van der Waals surface area (Å²) in [5.41, 5.74) is -15.5. The van der Waals surface area contributed by atoms with Crippen LogP contribution in [0.5, 0.6) is 0 Å². The minimum Gasteiger partial charge on any atom is -0.262 e. The van der Waals surface area contributed by atoms with Crippen molar-refractivity contribution in [2.45, 2.75) is 11.0 Å². The van der Waals surface area contributed by atoms with Gasteiger partial charge in [-0.3, -0.25) is 9.59 Å². The van der Waals surface area contributed by atoms with Crippen LogP contribution in [0, 0.1) is 22.7 Å². The molecule has 0 radical (unpaired) electrons. The van der Waals surface area contributed by atoms with Gasteiger partial charge in [0.25, 0.3) is 0 Å². The SMILES string of the molecule is N#Cc1ccc(N(C(=O)C(=O)N(c2ccc(C#N)cc2)S(=O)(=O)C(F)(F)F)S(=O)(=O)C(F)(F)F)cc1. The lowest BCUT2D eigenvalue weighted by atomic mass is 10.2. The molecule has 0 heterocycles. The molecular formula is C18H8F6N4O6S2. The van der Waals surface area contributed by atoms with E-state index in [9.17, 15) is 52.8 Å². The van der Waals surface area contributed by atoms with Crippen LogP contribution in [0.25, 0.3) is 0 Å². The summed E-state index contributed by atoms with van der Waals surface area (Å²) < 4.78 is 126. The first-order valence-corrected chi connectivity index (χ1v) is 11.6. The number of halogens is 6. The molecule has 0 saturated heterocycles. The number of nitrogens with zero attached hydrogens (tertiary/aromatic N) is 4. The van der Waals surface area contributed by atoms with Crippen LogP contribution in [-0.2, 0) is 29.6 Å². The standard InChI is InChI=1S/C18H8F6N4O6S2/c19-17(20,21)35(31,32)27(13-5-1-11(9-25)2-6-13)15(29)16(30)28(36(33,34)18(22,23)24)14-7-3-12(10-26)4-8-14/h1-8H. The lowest BCUT2D eigenvalue weighted by Crippen LogP contribution is -2.54. The molecule has 0 aliphatic heterocycles. The fourth-order valence-electron chi connectivity index (χ4n) is 2.45. The van der Waals surface area contributed by atoms with E-state index in [1.165, 1.54) is 12.1 Å². The van der Waals surface area contributed by atoms with E-state index < -0.39 is 62.9 Å². The van der Waals surface area contributed by atoms with E-state index in [-0.39, 0.29) is 11.1 Å². The Morgan fingerprint density at radius 3 is 1.06 bits per heavy atom. The number of benzene rings is 2. The summed E-state index contributed by atoms with van der Waals surface area (Å²) in [4.78, 5) is 25.4. The monoisotopic (exact) mass is 554 g/mol. The lowest BCUT2D eigenvalue weighted by molar-refractivity contribution is -0.135. The molecular weight excluding hydrogens is 546 g/mol. The summed E-state index contributed by atoms with van der Waals surface area (Å²) in [6.07, 6.45) is 0. The van der Waals surface area contributed by atoms with Gasteiger partial charge in [0.05, 0.1) is 34.6 Å². The first kappa shape index (κ1) is 28.1. The van der Waals surface area contributed by atoms with Crippen LogP contribution in [-0.4, -0.2) is 39.7 Å². The van der Waals surface area contributed by atoms with Crippen LogP contribution in [0.3, 0.4) is 0 Å². The maximum Gasteiger partial charge on any atom is 0.517 e. The third-order valence-electron chi connectivity index (χ3n) is 4.08. The summed E-state index contributed by atoms with van der Waals surface area (Å²) >= 11 is 0. The van der Waals surface area contributed by atoms with E-state index in [2.05, 4.69) is 0 Å². The molecule has 2 amide bonds. The summed E-state index contributed by atoms with van der Waals surface area (Å²) in [6.45, 7) is 0. The van der Waals surface area contributed by atoms with E-state index in [4.69, 9.17) is 10.5 Å². The Bertz CT molecular complexity index is 1370. The van der Waals surface area contributed by atoms with E-state index in [1.807, 2.05) is 0 Å². The first-order valence-electron chi connectivity index (χ1n) is 8.72. The van der Waals surface area contributed by atoms with Crippen LogP contribution in [0.2, 0.25) is 0 Å². The molecule has 2 aromatic rings. The molecule has 0 aromatic heterocycles. The maximum absolute atomic E-state index is 13.3. The number of sulfonamides is 2. The number of amides is 2. The number of carbonyl (C=O) groups excluding carboxylic acids is 2. The average Bonchev–Trinajstić information content (AvgIpc) is 2.78. The first-order chi connectivity index (χ1) is 16.4. The minimum absolute atomic E-state index is 0.249. The number of nitriles is 2. The molecule has 18 heteroatoms. The maximum atomic E-state index is 13.3. The van der Waals surface area contributed by atoms with E-state index in [0.29, 0.717) is 24.3 Å². The van der Waals surface area contributed by atoms with Crippen molar-refractivity contribution in [2.24, 2.45) is 0 Å². The van der Waals surface area contributed by atoms with Gasteiger partial charge in [0.1, 0.15) is 0 Å². The van der Waals surface area contributed by atoms with E-state index in [1.54, 1.807) is 0 Å². The molecule has 0 saturated carbocycles. The van der Waals surface area contributed by atoms with Gasteiger partial charge in [-0.2, -0.15) is 62.3 Å². The molecule has 2 rings (SSSR count). The van der Waals surface area contributed by atoms with Gasteiger partial charge in [0, 0.05) is 0 Å². The largest absolute Gasteiger partial charge is 0.517 e. The van der Waals surface area contributed by atoms with Crippen molar-refractivity contribution in [3.63, 3.8) is 0 Å². The summed E-state index contributed by atoms with van der Waals surface area (Å²) in [5.74, 6) is -5.71. The zero-order valence-corrected chi connectivity index (χ0v) is 18.6. The van der Waals surface area contributed by atoms with Gasteiger partial charge in [-0.1, -0.05) is 0 Å². The Hall–Kier alpha value is -4.16. The average molecular weight is 554 g/mol. The molecule has 36 heavy (non-hydrogen) atoms. The van der Waals surface area contributed by atoms with Crippen molar-refractivity contribution < 1.29 is 52.8 Å². The molecule has 0 N–H and O–H groups in total. The van der Waals surface area contributed by atoms with Crippen molar-refractivity contribution in [1.82, 2.24) is 0 Å². The molecule has 0 atom stereocenters. The Kier molecular flexibility index (Phi) is 7.39. The predicted molar refractivity (Wildman–Crippen MR) is 107 cm³/mol. The Morgan fingerprint density at radius 2 is 0.861 bits per heavy atom. The highest BCUT2D eigenvalue weighted by molar-refractivity contribution is 7.95. The van der Waals surface area contributed by atoms with Crippen molar-refractivity contribution in [1.29, 1.82) is 10.5 Å². The lowest BCUT2D eigenvalue weighted by Gasteiger charge is -2.27. The second-order valence-corrected chi connectivity index (χ2v) is 9.91. The van der Waals surface area contributed by atoms with Crippen molar-refractivity contribution in [3.05, 3.63) is 59.7 Å². The molecule has 0 bridgehead atoms. The minimum atomic E-state index is -6.83. The molecule has 0 spiro atoms. The zero-order valence-electron chi connectivity index (χ0n) is 16.9. The number of hydrogen-bond acceptors (Lipinski definition) is 8. The molecule has 2 aromatic carbocycles.